The van der Waals surface area contributed by atoms with Crippen LogP contribution in [0, 0.1) is 12.8 Å². The van der Waals surface area contributed by atoms with Crippen molar-refractivity contribution in [3.05, 3.63) is 46.6 Å². The summed E-state index contributed by atoms with van der Waals surface area (Å²) < 4.78 is 10.7. The second-order valence-corrected chi connectivity index (χ2v) is 8.60. The van der Waals surface area contributed by atoms with E-state index in [1.54, 1.807) is 12.4 Å². The Balaban J connectivity index is 1.40. The summed E-state index contributed by atoms with van der Waals surface area (Å²) in [5.74, 6) is 0.130. The lowest BCUT2D eigenvalue weighted by Crippen LogP contribution is -2.52. The van der Waals surface area contributed by atoms with Crippen molar-refractivity contribution in [2.24, 2.45) is 11.0 Å². The highest BCUT2D eigenvalue weighted by molar-refractivity contribution is 6.29. The second kappa shape index (κ2) is 8.66. The van der Waals surface area contributed by atoms with Crippen LogP contribution in [0.5, 0.6) is 0 Å². The first kappa shape index (κ1) is 21.3. The first-order valence-corrected chi connectivity index (χ1v) is 10.7. The van der Waals surface area contributed by atoms with Crippen LogP contribution < -0.4 is 10.7 Å². The van der Waals surface area contributed by atoms with Gasteiger partial charge in [-0.15, -0.1) is 0 Å². The third-order valence-electron chi connectivity index (χ3n) is 5.96. The lowest BCUT2D eigenvalue weighted by Gasteiger charge is -2.42. The maximum absolute atomic E-state index is 12.2. The number of pyridine rings is 1. The summed E-state index contributed by atoms with van der Waals surface area (Å²) in [5.41, 5.74) is 4.32. The van der Waals surface area contributed by atoms with Gasteiger partial charge in [0.25, 0.3) is 5.91 Å². The quantitative estimate of drug-likeness (QED) is 0.725. The Bertz CT molecular complexity index is 1010. The van der Waals surface area contributed by atoms with Gasteiger partial charge in [-0.2, -0.15) is 5.10 Å². The minimum absolute atomic E-state index is 0.0558. The number of halogens is 1. The van der Waals surface area contributed by atoms with Crippen LogP contribution >= 0.6 is 11.6 Å². The van der Waals surface area contributed by atoms with Crippen LogP contribution in [0.4, 0.5) is 4.79 Å². The van der Waals surface area contributed by atoms with Crippen molar-refractivity contribution < 1.29 is 18.8 Å². The van der Waals surface area contributed by atoms with E-state index >= 15 is 0 Å². The number of aromatic nitrogens is 2. The van der Waals surface area contributed by atoms with Crippen LogP contribution in [0.3, 0.4) is 0 Å². The van der Waals surface area contributed by atoms with Gasteiger partial charge in [-0.25, -0.2) is 10.2 Å². The van der Waals surface area contributed by atoms with E-state index < -0.39 is 11.7 Å². The summed E-state index contributed by atoms with van der Waals surface area (Å²) in [7, 11) is 0. The molecule has 4 rings (SSSR count). The van der Waals surface area contributed by atoms with Gasteiger partial charge in [0.15, 0.2) is 10.8 Å². The van der Waals surface area contributed by atoms with Crippen molar-refractivity contribution in [2.45, 2.75) is 57.6 Å². The molecule has 2 amide bonds. The number of hydrazone groups is 1. The predicted molar refractivity (Wildman–Crippen MR) is 113 cm³/mol. The van der Waals surface area contributed by atoms with Crippen molar-refractivity contribution in [3.63, 3.8) is 0 Å². The number of hydrogen-bond donors (Lipinski definition) is 2. The van der Waals surface area contributed by atoms with Gasteiger partial charge in [0.2, 0.25) is 5.76 Å². The van der Waals surface area contributed by atoms with E-state index in [-0.39, 0.29) is 22.9 Å². The first-order valence-electron chi connectivity index (χ1n) is 10.3. The van der Waals surface area contributed by atoms with Crippen LogP contribution in [0.25, 0.3) is 0 Å². The predicted octanol–water partition coefficient (Wildman–Crippen LogP) is 3.61. The molecule has 1 saturated carbocycles. The third-order valence-corrected chi connectivity index (χ3v) is 6.13. The van der Waals surface area contributed by atoms with Gasteiger partial charge >= 0.3 is 6.09 Å². The number of nitrogens with one attached hydrogen (secondary N) is 2. The molecule has 164 valence electrons. The highest BCUT2D eigenvalue weighted by Crippen LogP contribution is 2.40. The average molecular weight is 446 g/mol. The fraction of sp³-hybridized carbons (Fsp3) is 0.476. The van der Waals surface area contributed by atoms with E-state index in [0.29, 0.717) is 18.8 Å². The zero-order chi connectivity index (χ0) is 22.0. The third kappa shape index (κ3) is 4.56. The number of carbonyl (C=O) groups excluding carboxylic acids is 2. The van der Waals surface area contributed by atoms with Gasteiger partial charge in [-0.05, 0) is 63.5 Å². The lowest BCUT2D eigenvalue weighted by atomic mass is 9.72. The van der Waals surface area contributed by atoms with Crippen molar-refractivity contribution in [1.29, 1.82) is 0 Å². The molecule has 2 aromatic heterocycles. The fourth-order valence-corrected chi connectivity index (χ4v) is 4.54. The molecule has 3 heterocycles. The highest BCUT2D eigenvalue weighted by atomic mass is 35.5. The van der Waals surface area contributed by atoms with Crippen LogP contribution in [0.2, 0.25) is 5.15 Å². The smallest absolute Gasteiger partial charge is 0.428 e. The Morgan fingerprint density at radius 1 is 1.42 bits per heavy atom. The summed E-state index contributed by atoms with van der Waals surface area (Å²) in [5, 5.41) is 10.9. The first-order chi connectivity index (χ1) is 14.9. The molecule has 2 aliphatic rings. The minimum atomic E-state index is -0.754. The fourth-order valence-electron chi connectivity index (χ4n) is 4.40. The lowest BCUT2D eigenvalue weighted by molar-refractivity contribution is 0.0153. The molecule has 1 atom stereocenters. The Morgan fingerprint density at radius 3 is 2.87 bits per heavy atom. The van der Waals surface area contributed by atoms with Crippen molar-refractivity contribution >= 4 is 29.3 Å². The Kier molecular flexibility index (Phi) is 5.95. The zero-order valence-electron chi connectivity index (χ0n) is 17.4. The van der Waals surface area contributed by atoms with E-state index in [9.17, 15) is 9.59 Å². The van der Waals surface area contributed by atoms with Gasteiger partial charge in [0, 0.05) is 30.1 Å². The number of hydrogen-bond acceptors (Lipinski definition) is 7. The summed E-state index contributed by atoms with van der Waals surface area (Å²) >= 11 is 5.70. The SMILES string of the molecule is Cc1ccncc1C1=NNC(=O)OC12CCC(C[C@H](C)NC(=O)c1cc(Cl)no1)CC2. The minimum Gasteiger partial charge on any atom is -0.435 e. The van der Waals surface area contributed by atoms with Crippen molar-refractivity contribution in [1.82, 2.24) is 20.9 Å². The molecule has 1 fully saturated rings. The monoisotopic (exact) mass is 445 g/mol. The Morgan fingerprint density at radius 2 is 2.19 bits per heavy atom. The molecular weight excluding hydrogens is 422 g/mol. The molecule has 0 radical (unpaired) electrons. The molecule has 2 N–H and O–H groups in total. The Hall–Kier alpha value is -2.94. The van der Waals surface area contributed by atoms with E-state index in [1.165, 1.54) is 6.07 Å². The second-order valence-electron chi connectivity index (χ2n) is 8.21. The summed E-state index contributed by atoms with van der Waals surface area (Å²) in [4.78, 5) is 28.4. The molecule has 2 aromatic rings. The summed E-state index contributed by atoms with van der Waals surface area (Å²) in [6.07, 6.45) is 6.78. The summed E-state index contributed by atoms with van der Waals surface area (Å²) in [6, 6.07) is 3.25. The van der Waals surface area contributed by atoms with E-state index in [0.717, 1.165) is 36.1 Å². The van der Waals surface area contributed by atoms with Gasteiger partial charge in [0.05, 0.1) is 0 Å². The number of ether oxygens (including phenoxy) is 1. The number of rotatable bonds is 5. The summed E-state index contributed by atoms with van der Waals surface area (Å²) in [6.45, 7) is 3.94. The highest BCUT2D eigenvalue weighted by Gasteiger charge is 2.46. The van der Waals surface area contributed by atoms with Crippen molar-refractivity contribution in [2.75, 3.05) is 0 Å². The molecule has 0 saturated heterocycles. The molecule has 9 nitrogen and oxygen atoms in total. The molecule has 31 heavy (non-hydrogen) atoms. The van der Waals surface area contributed by atoms with E-state index in [1.807, 2.05) is 19.9 Å². The van der Waals surface area contributed by atoms with Gasteiger partial charge < -0.3 is 14.6 Å². The maximum Gasteiger partial charge on any atom is 0.428 e. The zero-order valence-corrected chi connectivity index (χ0v) is 18.1. The maximum atomic E-state index is 12.2. The number of carbonyl (C=O) groups is 2. The van der Waals surface area contributed by atoms with E-state index in [2.05, 4.69) is 26.0 Å². The molecule has 0 aromatic carbocycles. The number of aryl methyl sites for hydroxylation is 1. The van der Waals surface area contributed by atoms with Crippen LogP contribution in [-0.2, 0) is 4.74 Å². The molecule has 1 aliphatic heterocycles. The van der Waals surface area contributed by atoms with Gasteiger partial charge in [-0.3, -0.25) is 9.78 Å². The van der Waals surface area contributed by atoms with Crippen LogP contribution in [0.1, 0.15) is 60.7 Å². The number of amides is 2. The van der Waals surface area contributed by atoms with Crippen LogP contribution in [0.15, 0.2) is 34.2 Å². The van der Waals surface area contributed by atoms with Gasteiger partial charge in [0.1, 0.15) is 5.71 Å². The van der Waals surface area contributed by atoms with Crippen LogP contribution in [-0.4, -0.2) is 39.5 Å². The molecule has 1 aliphatic carbocycles. The van der Waals surface area contributed by atoms with E-state index in [4.69, 9.17) is 20.9 Å². The normalized spacial score (nSPS) is 24.2. The molecule has 1 spiro atoms. The largest absolute Gasteiger partial charge is 0.435 e. The standard InChI is InChI=1S/C21H24ClN5O4/c1-12-5-8-23-11-15(12)18-21(30-20(29)26-25-18)6-3-14(4-7-21)9-13(2)24-19(28)16-10-17(22)27-31-16/h5,8,10-11,13-14H,3-4,6-7,9H2,1-2H3,(H,24,28)(H,26,29)/t13-,14?,21?/m0/s1. The number of nitrogens with zero attached hydrogens (tertiary/aromatic N) is 3. The molecule has 10 heteroatoms. The van der Waals surface area contributed by atoms with Gasteiger partial charge in [-0.1, -0.05) is 16.8 Å². The van der Waals surface area contributed by atoms with Crippen molar-refractivity contribution in [3.8, 4) is 0 Å². The Labute approximate surface area is 184 Å². The molecule has 0 bridgehead atoms. The molecular formula is C21H24ClN5O4. The molecule has 0 unspecified atom stereocenters. The topological polar surface area (TPSA) is 119 Å². The average Bonchev–Trinajstić information content (AvgIpc) is 3.17.